The minimum absolute atomic E-state index is 0.460. The fraction of sp³-hybridized carbons (Fsp3) is 0.818. The lowest BCUT2D eigenvalue weighted by Gasteiger charge is -2.38. The molecule has 1 aliphatic rings. The van der Waals surface area contributed by atoms with Crippen molar-refractivity contribution in [1.82, 2.24) is 4.90 Å². The number of nitrogens with zero attached hydrogens (tertiary/aromatic N) is 1. The Morgan fingerprint density at radius 1 is 1.44 bits per heavy atom. The molecule has 16 heavy (non-hydrogen) atoms. The summed E-state index contributed by atoms with van der Waals surface area (Å²) in [4.78, 5) is 23.8. The predicted molar refractivity (Wildman–Crippen MR) is 59.9 cm³/mol. The number of carbonyl (C=O) groups is 2. The normalized spacial score (nSPS) is 17.9. The molecule has 0 bridgehead atoms. The first-order chi connectivity index (χ1) is 7.23. The smallest absolute Gasteiger partial charge is 0.408 e. The molecule has 1 atom stereocenters. The largest absolute Gasteiger partial charge is 0.465 e. The van der Waals surface area contributed by atoms with Gasteiger partial charge >= 0.3 is 6.09 Å². The molecule has 0 aromatic rings. The van der Waals surface area contributed by atoms with E-state index >= 15 is 0 Å². The number of carboxylic acid groups (broad SMARTS) is 1. The topological polar surface area (TPSA) is 83.6 Å². The zero-order valence-electron chi connectivity index (χ0n) is 10.1. The molecule has 2 amide bonds. The van der Waals surface area contributed by atoms with Gasteiger partial charge in [-0.2, -0.15) is 0 Å². The first-order valence-electron chi connectivity index (χ1n) is 5.55. The first kappa shape index (κ1) is 12.8. The Labute approximate surface area is 95.6 Å². The Bertz CT molecular complexity index is 292. The van der Waals surface area contributed by atoms with Gasteiger partial charge in [0, 0.05) is 5.54 Å². The average Bonchev–Trinajstić information content (AvgIpc) is 2.82. The zero-order chi connectivity index (χ0) is 12.5. The maximum absolute atomic E-state index is 11.4. The van der Waals surface area contributed by atoms with Crippen LogP contribution < -0.4 is 5.73 Å². The lowest BCUT2D eigenvalue weighted by atomic mass is 10.00. The number of rotatable bonds is 4. The van der Waals surface area contributed by atoms with Gasteiger partial charge in [-0.1, -0.05) is 12.8 Å². The van der Waals surface area contributed by atoms with Gasteiger partial charge in [-0.3, -0.25) is 9.69 Å². The van der Waals surface area contributed by atoms with Crippen LogP contribution in [0.4, 0.5) is 4.79 Å². The monoisotopic (exact) mass is 228 g/mol. The molecule has 5 nitrogen and oxygen atoms in total. The second kappa shape index (κ2) is 4.31. The molecule has 0 unspecified atom stereocenters. The van der Waals surface area contributed by atoms with Crippen LogP contribution in [0, 0.1) is 5.92 Å². The van der Waals surface area contributed by atoms with Gasteiger partial charge in [-0.05, 0) is 33.1 Å². The fourth-order valence-electron chi connectivity index (χ4n) is 1.91. The molecule has 5 heteroatoms. The molecular formula is C11H20N2O3. The summed E-state index contributed by atoms with van der Waals surface area (Å²) in [6, 6.07) is -0.704. The van der Waals surface area contributed by atoms with Gasteiger partial charge in [0.2, 0.25) is 5.91 Å². The van der Waals surface area contributed by atoms with Gasteiger partial charge in [-0.25, -0.2) is 4.79 Å². The van der Waals surface area contributed by atoms with Crippen molar-refractivity contribution in [2.45, 2.75) is 51.6 Å². The van der Waals surface area contributed by atoms with Crippen LogP contribution in [0.1, 0.15) is 40.0 Å². The van der Waals surface area contributed by atoms with E-state index in [1.165, 1.54) is 4.90 Å². The van der Waals surface area contributed by atoms with Gasteiger partial charge in [0.15, 0.2) is 0 Å². The van der Waals surface area contributed by atoms with Crippen molar-refractivity contribution < 1.29 is 14.7 Å². The van der Waals surface area contributed by atoms with Gasteiger partial charge < -0.3 is 10.8 Å². The maximum atomic E-state index is 11.4. The van der Waals surface area contributed by atoms with E-state index in [-0.39, 0.29) is 0 Å². The van der Waals surface area contributed by atoms with E-state index in [2.05, 4.69) is 0 Å². The highest BCUT2D eigenvalue weighted by Crippen LogP contribution is 2.35. The van der Waals surface area contributed by atoms with Crippen LogP contribution in [-0.2, 0) is 4.79 Å². The van der Waals surface area contributed by atoms with Crippen molar-refractivity contribution in [1.29, 1.82) is 0 Å². The highest BCUT2D eigenvalue weighted by atomic mass is 16.4. The lowest BCUT2D eigenvalue weighted by Crippen LogP contribution is -2.56. The number of hydrogen-bond donors (Lipinski definition) is 2. The highest BCUT2D eigenvalue weighted by molar-refractivity contribution is 5.84. The average molecular weight is 228 g/mol. The van der Waals surface area contributed by atoms with Crippen molar-refractivity contribution in [3.05, 3.63) is 0 Å². The van der Waals surface area contributed by atoms with Crippen LogP contribution in [0.2, 0.25) is 0 Å². The van der Waals surface area contributed by atoms with Crippen molar-refractivity contribution in [3.63, 3.8) is 0 Å². The minimum atomic E-state index is -1.09. The predicted octanol–water partition coefficient (Wildman–Crippen LogP) is 1.42. The van der Waals surface area contributed by atoms with E-state index in [0.29, 0.717) is 12.3 Å². The molecule has 0 radical (unpaired) electrons. The van der Waals surface area contributed by atoms with Gasteiger partial charge in [0.05, 0.1) is 0 Å². The molecule has 0 heterocycles. The molecule has 0 spiro atoms. The van der Waals surface area contributed by atoms with E-state index in [0.717, 1.165) is 12.8 Å². The number of hydrogen-bond acceptors (Lipinski definition) is 2. The number of carbonyl (C=O) groups excluding carboxylic acids is 1. The molecule has 1 fully saturated rings. The molecule has 0 aromatic carbocycles. The number of amides is 2. The Balaban J connectivity index is 2.86. The molecule has 92 valence electrons. The Morgan fingerprint density at radius 3 is 2.19 bits per heavy atom. The second-order valence-corrected chi connectivity index (χ2v) is 5.42. The van der Waals surface area contributed by atoms with Gasteiger partial charge in [0.25, 0.3) is 0 Å². The molecule has 1 rings (SSSR count). The minimum Gasteiger partial charge on any atom is -0.465 e. The maximum Gasteiger partial charge on any atom is 0.408 e. The van der Waals surface area contributed by atoms with Gasteiger partial charge in [-0.15, -0.1) is 0 Å². The molecular weight excluding hydrogens is 208 g/mol. The highest BCUT2D eigenvalue weighted by Gasteiger charge is 2.39. The van der Waals surface area contributed by atoms with Gasteiger partial charge in [0.1, 0.15) is 6.04 Å². The fourth-order valence-corrected chi connectivity index (χ4v) is 1.91. The molecule has 1 saturated carbocycles. The lowest BCUT2D eigenvalue weighted by molar-refractivity contribution is -0.124. The standard InChI is InChI=1S/C11H20N2O3/c1-11(2,3)13(10(15)16)8(9(12)14)6-7-4-5-7/h7-8H,4-6H2,1-3H3,(H2,12,14)(H,15,16)/t8-/m0/s1. The summed E-state index contributed by atoms with van der Waals surface area (Å²) < 4.78 is 0. The SMILES string of the molecule is CC(C)(C)N(C(=O)O)[C@@H](CC1CC1)C(N)=O. The van der Waals surface area contributed by atoms with E-state index in [1.807, 2.05) is 0 Å². The van der Waals surface area contributed by atoms with E-state index in [1.54, 1.807) is 20.8 Å². The van der Waals surface area contributed by atoms with Crippen LogP contribution in [0.3, 0.4) is 0 Å². The first-order valence-corrected chi connectivity index (χ1v) is 5.55. The van der Waals surface area contributed by atoms with Crippen LogP contribution in [-0.4, -0.2) is 33.6 Å². The molecule has 0 saturated heterocycles. The van der Waals surface area contributed by atoms with E-state index in [4.69, 9.17) is 5.73 Å². The Hall–Kier alpha value is -1.26. The third-order valence-corrected chi connectivity index (χ3v) is 2.82. The number of primary amides is 1. The van der Waals surface area contributed by atoms with Crippen molar-refractivity contribution in [2.24, 2.45) is 11.7 Å². The van der Waals surface area contributed by atoms with Crippen LogP contribution in [0.15, 0.2) is 0 Å². The quantitative estimate of drug-likeness (QED) is 0.763. The molecule has 0 aromatic heterocycles. The van der Waals surface area contributed by atoms with Crippen molar-refractivity contribution >= 4 is 12.0 Å². The van der Waals surface area contributed by atoms with Crippen molar-refractivity contribution in [3.8, 4) is 0 Å². The summed E-state index contributed by atoms with van der Waals surface area (Å²) in [6.07, 6.45) is 1.61. The third kappa shape index (κ3) is 3.12. The summed E-state index contributed by atoms with van der Waals surface area (Å²) in [7, 11) is 0. The Morgan fingerprint density at radius 2 is 1.94 bits per heavy atom. The summed E-state index contributed by atoms with van der Waals surface area (Å²) >= 11 is 0. The summed E-state index contributed by atoms with van der Waals surface area (Å²) in [5, 5.41) is 9.18. The molecule has 1 aliphatic carbocycles. The van der Waals surface area contributed by atoms with E-state index < -0.39 is 23.6 Å². The van der Waals surface area contributed by atoms with Crippen LogP contribution >= 0.6 is 0 Å². The van der Waals surface area contributed by atoms with Crippen LogP contribution in [0.5, 0.6) is 0 Å². The van der Waals surface area contributed by atoms with E-state index in [9.17, 15) is 14.7 Å². The molecule has 0 aliphatic heterocycles. The molecule has 3 N–H and O–H groups in total. The summed E-state index contributed by atoms with van der Waals surface area (Å²) in [6.45, 7) is 5.30. The Kier molecular flexibility index (Phi) is 3.45. The summed E-state index contributed by atoms with van der Waals surface area (Å²) in [5.74, 6) is -0.0917. The third-order valence-electron chi connectivity index (χ3n) is 2.82. The second-order valence-electron chi connectivity index (χ2n) is 5.42. The zero-order valence-corrected chi connectivity index (χ0v) is 10.1. The summed E-state index contributed by atoms with van der Waals surface area (Å²) in [5.41, 5.74) is 4.69. The number of nitrogens with two attached hydrogens (primary N) is 1. The van der Waals surface area contributed by atoms with Crippen LogP contribution in [0.25, 0.3) is 0 Å². The van der Waals surface area contributed by atoms with Crippen molar-refractivity contribution in [2.75, 3.05) is 0 Å².